The number of H-pyrrole nitrogens is 1. The minimum absolute atomic E-state index is 0.0586. The zero-order valence-corrected chi connectivity index (χ0v) is 17.5. The Kier molecular flexibility index (Phi) is 5.12. The number of imidazole rings is 1. The number of hydrogen-bond donors (Lipinski definition) is 1. The van der Waals surface area contributed by atoms with Gasteiger partial charge in [0.05, 0.1) is 29.0 Å². The van der Waals surface area contributed by atoms with E-state index in [0.717, 1.165) is 67.0 Å². The number of nitrogens with one attached hydrogen (secondary N) is 1. The summed E-state index contributed by atoms with van der Waals surface area (Å²) in [6, 6.07) is 12.3. The van der Waals surface area contributed by atoms with Gasteiger partial charge in [-0.2, -0.15) is 11.8 Å². The first-order chi connectivity index (χ1) is 14.3. The highest BCUT2D eigenvalue weighted by Crippen LogP contribution is 2.39. The molecule has 0 spiro atoms. The average molecular weight is 409 g/mol. The van der Waals surface area contributed by atoms with Crippen molar-refractivity contribution in [1.82, 2.24) is 19.4 Å². The lowest BCUT2D eigenvalue weighted by molar-refractivity contribution is -0.137. The highest BCUT2D eigenvalue weighted by molar-refractivity contribution is 7.99. The monoisotopic (exact) mass is 408 g/mol. The van der Waals surface area contributed by atoms with Crippen molar-refractivity contribution in [3.05, 3.63) is 54.6 Å². The van der Waals surface area contributed by atoms with Crippen LogP contribution in [0.5, 0.6) is 0 Å². The average Bonchev–Trinajstić information content (AvgIpc) is 3.45. The SMILES string of the molecule is O=C(CC1(n2cccc2)CCSCC1)N1CCCC[C@H]1c1nc2ccccc2[nH]1. The third-order valence-corrected chi connectivity index (χ3v) is 7.59. The standard InChI is InChI=1S/C23H28N4OS/c28-21(17-23(10-15-29-16-11-23)26-12-5-6-13-26)27-14-4-3-9-20(27)22-24-18-7-1-2-8-19(18)25-22/h1-2,5-8,12-13,20H,3-4,9-11,14-17H2,(H,24,25)/t20-/m0/s1. The van der Waals surface area contributed by atoms with Crippen LogP contribution in [0.2, 0.25) is 0 Å². The highest BCUT2D eigenvalue weighted by Gasteiger charge is 2.39. The van der Waals surface area contributed by atoms with Gasteiger partial charge in [0.15, 0.2) is 0 Å². The molecule has 2 aromatic heterocycles. The van der Waals surface area contributed by atoms with E-state index in [2.05, 4.69) is 45.0 Å². The number of hydrogen-bond acceptors (Lipinski definition) is 3. The summed E-state index contributed by atoms with van der Waals surface area (Å²) >= 11 is 2.00. The quantitative estimate of drug-likeness (QED) is 0.679. The van der Waals surface area contributed by atoms with E-state index in [1.165, 1.54) is 0 Å². The Bertz CT molecular complexity index is 941. The molecule has 29 heavy (non-hydrogen) atoms. The van der Waals surface area contributed by atoms with E-state index in [0.29, 0.717) is 6.42 Å². The number of amides is 1. The lowest BCUT2D eigenvalue weighted by Crippen LogP contribution is -2.45. The third-order valence-electron chi connectivity index (χ3n) is 6.60. The van der Waals surface area contributed by atoms with Crippen molar-refractivity contribution in [2.45, 2.75) is 50.1 Å². The molecular formula is C23H28N4OS. The van der Waals surface area contributed by atoms with Crippen LogP contribution in [-0.2, 0) is 10.3 Å². The molecule has 4 heterocycles. The third kappa shape index (κ3) is 3.59. The fourth-order valence-corrected chi connectivity index (χ4v) is 6.21. The Hall–Kier alpha value is -2.21. The van der Waals surface area contributed by atoms with E-state index in [1.807, 2.05) is 30.0 Å². The second kappa shape index (κ2) is 7.90. The molecule has 2 fully saturated rings. The summed E-state index contributed by atoms with van der Waals surface area (Å²) in [7, 11) is 0. The predicted octanol–water partition coefficient (Wildman–Crippen LogP) is 4.73. The number of piperidine rings is 1. The largest absolute Gasteiger partial charge is 0.348 e. The summed E-state index contributed by atoms with van der Waals surface area (Å²) in [6.45, 7) is 0.830. The van der Waals surface area contributed by atoms with Gasteiger partial charge >= 0.3 is 0 Å². The molecule has 0 saturated carbocycles. The molecule has 0 bridgehead atoms. The second-order valence-electron chi connectivity index (χ2n) is 8.34. The van der Waals surface area contributed by atoms with E-state index in [-0.39, 0.29) is 17.5 Å². The van der Waals surface area contributed by atoms with E-state index in [4.69, 9.17) is 4.98 Å². The molecule has 0 unspecified atom stereocenters. The molecule has 152 valence electrons. The summed E-state index contributed by atoms with van der Waals surface area (Å²) in [5.74, 6) is 3.46. The zero-order valence-electron chi connectivity index (χ0n) is 16.7. The molecule has 1 aromatic carbocycles. The highest BCUT2D eigenvalue weighted by atomic mass is 32.2. The van der Waals surface area contributed by atoms with E-state index < -0.39 is 0 Å². The zero-order chi connectivity index (χ0) is 19.7. The maximum atomic E-state index is 13.6. The smallest absolute Gasteiger partial charge is 0.225 e. The number of carbonyl (C=O) groups excluding carboxylic acids is 1. The Morgan fingerprint density at radius 1 is 1.14 bits per heavy atom. The second-order valence-corrected chi connectivity index (χ2v) is 9.57. The minimum Gasteiger partial charge on any atom is -0.348 e. The number of likely N-dealkylation sites (tertiary alicyclic amines) is 1. The first kappa shape index (κ1) is 18.8. The van der Waals surface area contributed by atoms with Gasteiger partial charge in [-0.1, -0.05) is 12.1 Å². The molecule has 1 atom stereocenters. The predicted molar refractivity (Wildman–Crippen MR) is 118 cm³/mol. The Balaban J connectivity index is 1.42. The van der Waals surface area contributed by atoms with Gasteiger partial charge in [-0.15, -0.1) is 0 Å². The van der Waals surface area contributed by atoms with Crippen LogP contribution in [0.1, 0.15) is 50.4 Å². The number of aromatic nitrogens is 3. The number of aromatic amines is 1. The number of benzene rings is 1. The molecule has 1 N–H and O–H groups in total. The maximum absolute atomic E-state index is 13.6. The van der Waals surface area contributed by atoms with E-state index in [9.17, 15) is 4.79 Å². The van der Waals surface area contributed by atoms with Crippen molar-refractivity contribution in [2.24, 2.45) is 0 Å². The Morgan fingerprint density at radius 3 is 2.72 bits per heavy atom. The minimum atomic E-state index is -0.0816. The summed E-state index contributed by atoms with van der Waals surface area (Å²) in [5.41, 5.74) is 1.95. The van der Waals surface area contributed by atoms with Crippen LogP contribution < -0.4 is 0 Å². The van der Waals surface area contributed by atoms with Crippen molar-refractivity contribution < 1.29 is 4.79 Å². The van der Waals surface area contributed by atoms with Crippen LogP contribution in [0, 0.1) is 0 Å². The van der Waals surface area contributed by atoms with Crippen LogP contribution in [0.15, 0.2) is 48.8 Å². The summed E-state index contributed by atoms with van der Waals surface area (Å²) in [5, 5.41) is 0. The molecule has 0 radical (unpaired) electrons. The lowest BCUT2D eigenvalue weighted by Gasteiger charge is -2.41. The first-order valence-corrected chi connectivity index (χ1v) is 11.9. The van der Waals surface area contributed by atoms with Crippen LogP contribution in [0.4, 0.5) is 0 Å². The summed E-state index contributed by atoms with van der Waals surface area (Å²) in [6.07, 6.45) is 10.2. The van der Waals surface area contributed by atoms with Crippen LogP contribution >= 0.6 is 11.8 Å². The van der Waals surface area contributed by atoms with Crippen molar-refractivity contribution in [3.8, 4) is 0 Å². The van der Waals surface area contributed by atoms with Gasteiger partial charge < -0.3 is 14.5 Å². The fourth-order valence-electron chi connectivity index (χ4n) is 4.96. The van der Waals surface area contributed by atoms with Gasteiger partial charge in [0.1, 0.15) is 5.82 Å². The van der Waals surface area contributed by atoms with Gasteiger partial charge in [-0.05, 0) is 67.9 Å². The molecule has 2 aliphatic heterocycles. The molecule has 0 aliphatic carbocycles. The van der Waals surface area contributed by atoms with E-state index >= 15 is 0 Å². The summed E-state index contributed by atoms with van der Waals surface area (Å²) in [4.78, 5) is 24.0. The number of para-hydroxylation sites is 2. The van der Waals surface area contributed by atoms with Gasteiger partial charge in [-0.3, -0.25) is 4.79 Å². The number of fused-ring (bicyclic) bond motifs is 1. The fraction of sp³-hybridized carbons (Fsp3) is 0.478. The molecule has 1 amide bonds. The molecule has 6 heteroatoms. The number of rotatable bonds is 4. The molecule has 3 aromatic rings. The lowest BCUT2D eigenvalue weighted by atomic mass is 9.86. The maximum Gasteiger partial charge on any atom is 0.225 e. The van der Waals surface area contributed by atoms with E-state index in [1.54, 1.807) is 0 Å². The normalized spacial score (nSPS) is 22.1. The first-order valence-electron chi connectivity index (χ1n) is 10.7. The number of carbonyl (C=O) groups is 1. The molecular weight excluding hydrogens is 380 g/mol. The molecule has 2 saturated heterocycles. The molecule has 5 nitrogen and oxygen atoms in total. The molecule has 2 aliphatic rings. The topological polar surface area (TPSA) is 53.9 Å². The van der Waals surface area contributed by atoms with Gasteiger partial charge in [0.25, 0.3) is 0 Å². The van der Waals surface area contributed by atoms with Crippen molar-refractivity contribution in [3.63, 3.8) is 0 Å². The number of nitrogens with zero attached hydrogens (tertiary/aromatic N) is 3. The summed E-state index contributed by atoms with van der Waals surface area (Å²) < 4.78 is 2.30. The van der Waals surface area contributed by atoms with Crippen LogP contribution in [-0.4, -0.2) is 43.4 Å². The van der Waals surface area contributed by atoms with Crippen LogP contribution in [0.25, 0.3) is 11.0 Å². The number of thioether (sulfide) groups is 1. The van der Waals surface area contributed by atoms with Crippen LogP contribution in [0.3, 0.4) is 0 Å². The molecule has 5 rings (SSSR count). The van der Waals surface area contributed by atoms with Gasteiger partial charge in [0, 0.05) is 18.9 Å². The Morgan fingerprint density at radius 2 is 1.93 bits per heavy atom. The van der Waals surface area contributed by atoms with Crippen molar-refractivity contribution in [1.29, 1.82) is 0 Å². The Labute approximate surface area is 175 Å². The van der Waals surface area contributed by atoms with Gasteiger partial charge in [0.2, 0.25) is 5.91 Å². The van der Waals surface area contributed by atoms with Crippen molar-refractivity contribution in [2.75, 3.05) is 18.1 Å². The van der Waals surface area contributed by atoms with Gasteiger partial charge in [-0.25, -0.2) is 4.98 Å². The van der Waals surface area contributed by atoms with Crippen molar-refractivity contribution >= 4 is 28.7 Å².